The molecule has 1 saturated heterocycles. The van der Waals surface area contributed by atoms with Crippen LogP contribution in [0.1, 0.15) is 30.4 Å². The number of hydrogen-bond acceptors (Lipinski definition) is 6. The minimum atomic E-state index is 0.510. The second-order valence-electron chi connectivity index (χ2n) is 7.22. The van der Waals surface area contributed by atoms with E-state index in [9.17, 15) is 0 Å². The van der Waals surface area contributed by atoms with Crippen molar-refractivity contribution < 1.29 is 0 Å². The van der Waals surface area contributed by atoms with Crippen molar-refractivity contribution >= 4 is 23.1 Å². The van der Waals surface area contributed by atoms with Crippen LogP contribution in [-0.4, -0.2) is 28.3 Å². The molecule has 28 heavy (non-hydrogen) atoms. The molecule has 0 unspecified atom stereocenters. The molecule has 1 aromatic heterocycles. The summed E-state index contributed by atoms with van der Waals surface area (Å²) in [6.45, 7) is 5.05. The molecule has 144 valence electrons. The predicted molar refractivity (Wildman–Crippen MR) is 114 cm³/mol. The van der Waals surface area contributed by atoms with Gasteiger partial charge in [-0.3, -0.25) is 0 Å². The number of rotatable bonds is 6. The number of hydrogen-bond donors (Lipinski definition) is 2. The lowest BCUT2D eigenvalue weighted by atomic mass is 10.1. The summed E-state index contributed by atoms with van der Waals surface area (Å²) < 4.78 is 0. The van der Waals surface area contributed by atoms with Gasteiger partial charge in [-0.05, 0) is 56.0 Å². The van der Waals surface area contributed by atoms with Crippen molar-refractivity contribution in [3.05, 3.63) is 65.9 Å². The van der Waals surface area contributed by atoms with Gasteiger partial charge in [0.25, 0.3) is 0 Å². The Morgan fingerprint density at radius 3 is 2.43 bits per heavy atom. The Hall–Kier alpha value is -3.15. The molecule has 6 heteroatoms. The SMILES string of the molecule is Cc1ccc(CNc2nncc(Nc3ccc(N4CCCCC4)cc3)n2)cc1. The van der Waals surface area contributed by atoms with E-state index in [0.717, 1.165) is 18.8 Å². The van der Waals surface area contributed by atoms with E-state index in [4.69, 9.17) is 0 Å². The number of nitrogens with zero attached hydrogens (tertiary/aromatic N) is 4. The monoisotopic (exact) mass is 374 g/mol. The number of anilines is 4. The summed E-state index contributed by atoms with van der Waals surface area (Å²) in [6, 6.07) is 16.9. The summed E-state index contributed by atoms with van der Waals surface area (Å²) in [6.07, 6.45) is 5.54. The number of nitrogens with one attached hydrogen (secondary N) is 2. The van der Waals surface area contributed by atoms with Gasteiger partial charge in [0, 0.05) is 31.0 Å². The van der Waals surface area contributed by atoms with Crippen molar-refractivity contribution in [2.45, 2.75) is 32.7 Å². The third-order valence-corrected chi connectivity index (χ3v) is 4.99. The van der Waals surface area contributed by atoms with E-state index < -0.39 is 0 Å². The largest absolute Gasteiger partial charge is 0.372 e. The first-order chi connectivity index (χ1) is 13.8. The maximum Gasteiger partial charge on any atom is 0.244 e. The highest BCUT2D eigenvalue weighted by atomic mass is 15.3. The van der Waals surface area contributed by atoms with Crippen molar-refractivity contribution in [3.8, 4) is 0 Å². The Kier molecular flexibility index (Phi) is 5.66. The topological polar surface area (TPSA) is 66.0 Å². The van der Waals surface area contributed by atoms with Crippen LogP contribution in [0.4, 0.5) is 23.1 Å². The standard InChI is InChI=1S/C22H26N6/c1-17-5-7-18(8-6-17)15-23-22-26-21(16-24-27-22)25-19-9-11-20(12-10-19)28-13-3-2-4-14-28/h5-12,16H,2-4,13-15H2,1H3,(H2,23,25,26,27). The summed E-state index contributed by atoms with van der Waals surface area (Å²) in [7, 11) is 0. The molecule has 1 aliphatic heterocycles. The fourth-order valence-corrected chi connectivity index (χ4v) is 3.38. The summed E-state index contributed by atoms with van der Waals surface area (Å²) in [5, 5.41) is 14.7. The van der Waals surface area contributed by atoms with E-state index in [-0.39, 0.29) is 0 Å². The van der Waals surface area contributed by atoms with E-state index in [1.807, 2.05) is 0 Å². The minimum absolute atomic E-state index is 0.510. The molecule has 2 aromatic carbocycles. The van der Waals surface area contributed by atoms with Crippen molar-refractivity contribution in [1.29, 1.82) is 0 Å². The lowest BCUT2D eigenvalue weighted by Gasteiger charge is -2.28. The molecule has 4 rings (SSSR count). The van der Waals surface area contributed by atoms with E-state index in [1.54, 1.807) is 6.20 Å². The summed E-state index contributed by atoms with van der Waals surface area (Å²) >= 11 is 0. The van der Waals surface area contributed by atoms with Gasteiger partial charge in [-0.1, -0.05) is 29.8 Å². The van der Waals surface area contributed by atoms with Crippen molar-refractivity contribution in [2.24, 2.45) is 0 Å². The molecule has 1 fully saturated rings. The Morgan fingerprint density at radius 1 is 0.929 bits per heavy atom. The third-order valence-electron chi connectivity index (χ3n) is 4.99. The van der Waals surface area contributed by atoms with Gasteiger partial charge < -0.3 is 15.5 Å². The van der Waals surface area contributed by atoms with E-state index >= 15 is 0 Å². The highest BCUT2D eigenvalue weighted by molar-refractivity contribution is 5.61. The van der Waals surface area contributed by atoms with Gasteiger partial charge >= 0.3 is 0 Å². The molecular formula is C22H26N6. The number of aryl methyl sites for hydroxylation is 1. The van der Waals surface area contributed by atoms with Crippen LogP contribution in [0.15, 0.2) is 54.7 Å². The van der Waals surface area contributed by atoms with Crippen LogP contribution in [0.5, 0.6) is 0 Å². The average molecular weight is 374 g/mol. The zero-order valence-corrected chi connectivity index (χ0v) is 16.2. The lowest BCUT2D eigenvalue weighted by Crippen LogP contribution is -2.29. The van der Waals surface area contributed by atoms with Gasteiger partial charge in [0.1, 0.15) is 0 Å². The molecule has 0 radical (unpaired) electrons. The van der Waals surface area contributed by atoms with E-state index in [1.165, 1.54) is 36.1 Å². The Morgan fingerprint density at radius 2 is 1.68 bits per heavy atom. The Balaban J connectivity index is 1.36. The van der Waals surface area contributed by atoms with Gasteiger partial charge in [-0.2, -0.15) is 10.1 Å². The number of piperidine rings is 1. The average Bonchev–Trinajstić information content (AvgIpc) is 2.75. The molecule has 0 aliphatic carbocycles. The lowest BCUT2D eigenvalue weighted by molar-refractivity contribution is 0.578. The first kappa shape index (κ1) is 18.2. The molecule has 1 aliphatic rings. The number of benzene rings is 2. The van der Waals surface area contributed by atoms with Crippen LogP contribution in [0.3, 0.4) is 0 Å². The molecule has 0 saturated carbocycles. The Labute approximate surface area is 166 Å². The maximum atomic E-state index is 4.51. The van der Waals surface area contributed by atoms with Crippen molar-refractivity contribution in [2.75, 3.05) is 28.6 Å². The summed E-state index contributed by atoms with van der Waals surface area (Å²) in [5.74, 6) is 1.18. The third kappa shape index (κ3) is 4.76. The normalized spacial score (nSPS) is 14.0. The summed E-state index contributed by atoms with van der Waals surface area (Å²) in [5.41, 5.74) is 4.71. The summed E-state index contributed by atoms with van der Waals surface area (Å²) in [4.78, 5) is 6.96. The van der Waals surface area contributed by atoms with E-state index in [2.05, 4.69) is 86.2 Å². The number of aromatic nitrogens is 3. The van der Waals surface area contributed by atoms with Gasteiger partial charge in [-0.15, -0.1) is 5.10 Å². The predicted octanol–water partition coefficient (Wildman–Crippen LogP) is 4.53. The molecule has 3 aromatic rings. The Bertz CT molecular complexity index is 886. The van der Waals surface area contributed by atoms with E-state index in [0.29, 0.717) is 18.3 Å². The highest BCUT2D eigenvalue weighted by Crippen LogP contribution is 2.23. The molecule has 6 nitrogen and oxygen atoms in total. The first-order valence-electron chi connectivity index (χ1n) is 9.87. The van der Waals surface area contributed by atoms with Crippen LogP contribution in [0.2, 0.25) is 0 Å². The molecule has 0 atom stereocenters. The van der Waals surface area contributed by atoms with Gasteiger partial charge in [-0.25, -0.2) is 0 Å². The zero-order chi connectivity index (χ0) is 19.2. The van der Waals surface area contributed by atoms with Crippen LogP contribution in [0, 0.1) is 6.92 Å². The minimum Gasteiger partial charge on any atom is -0.372 e. The van der Waals surface area contributed by atoms with Crippen molar-refractivity contribution in [3.63, 3.8) is 0 Å². The highest BCUT2D eigenvalue weighted by Gasteiger charge is 2.10. The zero-order valence-electron chi connectivity index (χ0n) is 16.2. The molecule has 0 bridgehead atoms. The van der Waals surface area contributed by atoms with Gasteiger partial charge in [0.2, 0.25) is 5.95 Å². The van der Waals surface area contributed by atoms with Crippen LogP contribution in [-0.2, 0) is 6.54 Å². The smallest absolute Gasteiger partial charge is 0.244 e. The second-order valence-corrected chi connectivity index (χ2v) is 7.22. The molecule has 0 amide bonds. The maximum absolute atomic E-state index is 4.51. The fraction of sp³-hybridized carbons (Fsp3) is 0.318. The van der Waals surface area contributed by atoms with Gasteiger partial charge in [0.05, 0.1) is 6.20 Å². The van der Waals surface area contributed by atoms with Crippen LogP contribution < -0.4 is 15.5 Å². The molecule has 2 heterocycles. The fourth-order valence-electron chi connectivity index (χ4n) is 3.38. The molecule has 0 spiro atoms. The van der Waals surface area contributed by atoms with Gasteiger partial charge in [0.15, 0.2) is 5.82 Å². The quantitative estimate of drug-likeness (QED) is 0.661. The van der Waals surface area contributed by atoms with Crippen molar-refractivity contribution in [1.82, 2.24) is 15.2 Å². The van der Waals surface area contributed by atoms with Crippen LogP contribution >= 0.6 is 0 Å². The second kappa shape index (κ2) is 8.69. The molecule has 2 N–H and O–H groups in total. The molecular weight excluding hydrogens is 348 g/mol. The van der Waals surface area contributed by atoms with Crippen LogP contribution in [0.25, 0.3) is 0 Å². The first-order valence-corrected chi connectivity index (χ1v) is 9.87.